The summed E-state index contributed by atoms with van der Waals surface area (Å²) in [4.78, 5) is 22.6. The van der Waals surface area contributed by atoms with Gasteiger partial charge < -0.3 is 10.6 Å². The van der Waals surface area contributed by atoms with Crippen molar-refractivity contribution in [2.45, 2.75) is 67.2 Å². The third-order valence-electron chi connectivity index (χ3n) is 4.24. The Hall–Kier alpha value is -3.14. The molecule has 4 heteroatoms. The topological polar surface area (TPSA) is 58.2 Å². The molecule has 0 fully saturated rings. The number of hydrogen-bond acceptors (Lipinski definition) is 2. The summed E-state index contributed by atoms with van der Waals surface area (Å²) in [5.41, 5.74) is 0. The molecule has 2 N–H and O–H groups in total. The van der Waals surface area contributed by atoms with E-state index in [2.05, 4.69) is 62.6 Å². The minimum atomic E-state index is -0.0265. The van der Waals surface area contributed by atoms with Crippen molar-refractivity contribution in [3.05, 3.63) is 97.2 Å². The standard InChI is InChI=1S/2C16H25NO/c2*1-4-5-6-7-8-9-10-11-12-13-16(18)17-14-15(2)3/h2*4-7,10-13,15H,8-9,14H2,1-3H3,(H,17,18)/b5-4+,7-6-,11-10+,13-12+;5-4-,7-6-,11-10+,13-12+. The van der Waals surface area contributed by atoms with Gasteiger partial charge in [-0.25, -0.2) is 0 Å². The summed E-state index contributed by atoms with van der Waals surface area (Å²) in [6, 6.07) is 0. The second kappa shape index (κ2) is 28.1. The van der Waals surface area contributed by atoms with Gasteiger partial charge in [-0.2, -0.15) is 0 Å². The van der Waals surface area contributed by atoms with E-state index in [9.17, 15) is 9.59 Å². The number of carbonyl (C=O) groups is 2. The molecular weight excluding hydrogens is 444 g/mol. The molecule has 4 nitrogen and oxygen atoms in total. The van der Waals surface area contributed by atoms with E-state index in [0.717, 1.165) is 38.8 Å². The molecule has 0 saturated carbocycles. The molecule has 0 aliphatic carbocycles. The fourth-order valence-corrected chi connectivity index (χ4v) is 2.32. The van der Waals surface area contributed by atoms with Crippen LogP contribution in [0.2, 0.25) is 0 Å². The zero-order chi connectivity index (χ0) is 27.3. The molecule has 0 bridgehead atoms. The Morgan fingerprint density at radius 1 is 0.528 bits per heavy atom. The third-order valence-corrected chi connectivity index (χ3v) is 4.24. The Morgan fingerprint density at radius 2 is 0.833 bits per heavy atom. The van der Waals surface area contributed by atoms with Crippen LogP contribution in [0.3, 0.4) is 0 Å². The van der Waals surface area contributed by atoms with Crippen molar-refractivity contribution in [1.82, 2.24) is 10.6 Å². The van der Waals surface area contributed by atoms with Gasteiger partial charge in [-0.3, -0.25) is 9.59 Å². The van der Waals surface area contributed by atoms with E-state index in [0.29, 0.717) is 11.8 Å². The summed E-state index contributed by atoms with van der Waals surface area (Å²) in [7, 11) is 0. The molecule has 0 aromatic heterocycles. The van der Waals surface area contributed by atoms with Gasteiger partial charge >= 0.3 is 0 Å². The lowest BCUT2D eigenvalue weighted by molar-refractivity contribution is -0.117. The highest BCUT2D eigenvalue weighted by Crippen LogP contribution is 1.95. The highest BCUT2D eigenvalue weighted by molar-refractivity contribution is 5.88. The summed E-state index contributed by atoms with van der Waals surface area (Å²) in [5.74, 6) is 0.923. The zero-order valence-electron chi connectivity index (χ0n) is 23.5. The van der Waals surface area contributed by atoms with Crippen LogP contribution in [0, 0.1) is 11.8 Å². The molecule has 2 amide bonds. The van der Waals surface area contributed by atoms with Gasteiger partial charge in [0, 0.05) is 25.2 Å². The molecule has 0 aliphatic heterocycles. The van der Waals surface area contributed by atoms with Crippen molar-refractivity contribution >= 4 is 11.8 Å². The fourth-order valence-electron chi connectivity index (χ4n) is 2.32. The first-order valence-corrected chi connectivity index (χ1v) is 13.1. The van der Waals surface area contributed by atoms with Crippen LogP contribution in [-0.4, -0.2) is 24.9 Å². The molecule has 0 radical (unpaired) electrons. The van der Waals surface area contributed by atoms with Crippen LogP contribution >= 0.6 is 0 Å². The summed E-state index contributed by atoms with van der Waals surface area (Å²) in [6.07, 6.45) is 35.1. The summed E-state index contributed by atoms with van der Waals surface area (Å²) in [5, 5.41) is 5.66. The average Bonchev–Trinajstić information content (AvgIpc) is 2.84. The molecule has 36 heavy (non-hydrogen) atoms. The normalized spacial score (nSPS) is 12.7. The highest BCUT2D eigenvalue weighted by Gasteiger charge is 1.96. The maximum Gasteiger partial charge on any atom is 0.243 e. The zero-order valence-corrected chi connectivity index (χ0v) is 23.5. The van der Waals surface area contributed by atoms with E-state index in [-0.39, 0.29) is 11.8 Å². The minimum absolute atomic E-state index is 0.0265. The molecule has 0 aromatic rings. The number of nitrogens with one attached hydrogen (secondary N) is 2. The lowest BCUT2D eigenvalue weighted by Crippen LogP contribution is -2.25. The van der Waals surface area contributed by atoms with Crippen molar-refractivity contribution in [3.8, 4) is 0 Å². The Morgan fingerprint density at radius 3 is 1.11 bits per heavy atom. The van der Waals surface area contributed by atoms with E-state index in [1.54, 1.807) is 24.3 Å². The smallest absolute Gasteiger partial charge is 0.243 e. The van der Waals surface area contributed by atoms with E-state index in [1.165, 1.54) is 0 Å². The quantitative estimate of drug-likeness (QED) is 0.132. The monoisotopic (exact) mass is 494 g/mol. The van der Waals surface area contributed by atoms with Crippen LogP contribution < -0.4 is 10.6 Å². The lowest BCUT2D eigenvalue weighted by Gasteiger charge is -2.03. The van der Waals surface area contributed by atoms with Crippen molar-refractivity contribution in [2.75, 3.05) is 13.1 Å². The van der Waals surface area contributed by atoms with E-state index in [4.69, 9.17) is 0 Å². The molecule has 0 atom stereocenters. The molecule has 0 aromatic carbocycles. The van der Waals surface area contributed by atoms with Crippen molar-refractivity contribution < 1.29 is 9.59 Å². The van der Waals surface area contributed by atoms with Gasteiger partial charge in [-0.1, -0.05) is 113 Å². The highest BCUT2D eigenvalue weighted by atomic mass is 16.2. The third kappa shape index (κ3) is 33.0. The maximum atomic E-state index is 11.3. The number of unbranched alkanes of at least 4 members (excludes halogenated alkanes) is 2. The van der Waals surface area contributed by atoms with Crippen LogP contribution in [0.25, 0.3) is 0 Å². The Labute approximate surface area is 221 Å². The number of allylic oxidation sites excluding steroid dienone is 14. The average molecular weight is 495 g/mol. The molecule has 0 aliphatic rings. The van der Waals surface area contributed by atoms with Crippen LogP contribution in [0.15, 0.2) is 97.2 Å². The maximum absolute atomic E-state index is 11.3. The second-order valence-corrected chi connectivity index (χ2v) is 8.92. The first-order valence-electron chi connectivity index (χ1n) is 13.1. The van der Waals surface area contributed by atoms with Gasteiger partial charge in [0.2, 0.25) is 11.8 Å². The van der Waals surface area contributed by atoms with E-state index < -0.39 is 0 Å². The lowest BCUT2D eigenvalue weighted by atomic mass is 10.2. The predicted octanol–water partition coefficient (Wildman–Crippen LogP) is 7.57. The summed E-state index contributed by atoms with van der Waals surface area (Å²) < 4.78 is 0. The Bertz CT molecular complexity index is 710. The number of amides is 2. The van der Waals surface area contributed by atoms with Crippen LogP contribution in [0.5, 0.6) is 0 Å². The van der Waals surface area contributed by atoms with Gasteiger partial charge in [-0.15, -0.1) is 0 Å². The van der Waals surface area contributed by atoms with Gasteiger partial charge in [0.1, 0.15) is 0 Å². The second-order valence-electron chi connectivity index (χ2n) is 8.92. The predicted molar refractivity (Wildman–Crippen MR) is 159 cm³/mol. The van der Waals surface area contributed by atoms with Crippen LogP contribution in [-0.2, 0) is 9.59 Å². The van der Waals surface area contributed by atoms with Crippen LogP contribution in [0.4, 0.5) is 0 Å². The number of hydrogen-bond donors (Lipinski definition) is 2. The minimum Gasteiger partial charge on any atom is -0.352 e. The van der Waals surface area contributed by atoms with E-state index in [1.807, 2.05) is 62.5 Å². The molecule has 0 heterocycles. The fraction of sp³-hybridized carbons (Fsp3) is 0.438. The number of rotatable bonds is 16. The first kappa shape index (κ1) is 35.0. The van der Waals surface area contributed by atoms with E-state index >= 15 is 0 Å². The molecular formula is C32H50N2O2. The van der Waals surface area contributed by atoms with Crippen LogP contribution in [0.1, 0.15) is 67.2 Å². The number of carbonyl (C=O) groups excluding carboxylic acids is 2. The first-order chi connectivity index (χ1) is 17.3. The van der Waals surface area contributed by atoms with Gasteiger partial charge in [0.05, 0.1) is 0 Å². The molecule has 0 spiro atoms. The van der Waals surface area contributed by atoms with Crippen molar-refractivity contribution in [1.29, 1.82) is 0 Å². The SMILES string of the molecule is C/C=C/C=C\CC/C=C/C=C/C(=O)NCC(C)C.C/C=C\C=C/CC/C=C/C=C/C(=O)NCC(C)C. The van der Waals surface area contributed by atoms with Crippen molar-refractivity contribution in [2.24, 2.45) is 11.8 Å². The molecule has 200 valence electrons. The van der Waals surface area contributed by atoms with Gasteiger partial charge in [0.15, 0.2) is 0 Å². The molecule has 0 unspecified atom stereocenters. The molecule has 0 saturated heterocycles. The summed E-state index contributed by atoms with van der Waals surface area (Å²) in [6.45, 7) is 13.7. The van der Waals surface area contributed by atoms with Crippen molar-refractivity contribution in [3.63, 3.8) is 0 Å². The van der Waals surface area contributed by atoms with Gasteiger partial charge in [0.25, 0.3) is 0 Å². The summed E-state index contributed by atoms with van der Waals surface area (Å²) >= 11 is 0. The van der Waals surface area contributed by atoms with Gasteiger partial charge in [-0.05, 0) is 51.4 Å². The largest absolute Gasteiger partial charge is 0.352 e. The molecule has 0 rings (SSSR count). The Kier molecular flexibility index (Phi) is 27.3. The Balaban J connectivity index is 0.